The van der Waals surface area contributed by atoms with E-state index in [1.54, 1.807) is 27.7 Å². The van der Waals surface area contributed by atoms with Crippen LogP contribution in [0.15, 0.2) is 30.9 Å². The highest BCUT2D eigenvalue weighted by molar-refractivity contribution is 6.21. The molecule has 0 spiro atoms. The number of nitrogens with zero attached hydrogens (tertiary/aromatic N) is 5. The van der Waals surface area contributed by atoms with Crippen molar-refractivity contribution in [2.75, 3.05) is 11.4 Å². The molecule has 0 aliphatic carbocycles. The van der Waals surface area contributed by atoms with E-state index >= 15 is 4.39 Å². The van der Waals surface area contributed by atoms with Gasteiger partial charge in [0, 0.05) is 11.9 Å². The number of aromatic nitrogens is 3. The monoisotopic (exact) mass is 659 g/mol. The lowest BCUT2D eigenvalue weighted by Crippen LogP contribution is -2.50. The van der Waals surface area contributed by atoms with Gasteiger partial charge in [-0.15, -0.1) is 0 Å². The molecule has 3 aromatic rings. The molecular formula is C32H39F2N5O8. The first-order valence-electron chi connectivity index (χ1n) is 14.7. The molecule has 3 rings (SSSR count). The van der Waals surface area contributed by atoms with E-state index in [0.717, 1.165) is 30.9 Å². The Labute approximate surface area is 271 Å². The molecule has 4 amide bonds. The van der Waals surface area contributed by atoms with E-state index in [-0.39, 0.29) is 28.5 Å². The van der Waals surface area contributed by atoms with E-state index in [0.29, 0.717) is 9.80 Å². The lowest BCUT2D eigenvalue weighted by molar-refractivity contribution is -0.605. The molecule has 0 aliphatic rings. The summed E-state index contributed by atoms with van der Waals surface area (Å²) in [6, 6.07) is 1.96. The SMILES string of the molecule is CCCN(C(=O)OC(C)(C)C)C(=O)c1c(N(C(=O)OC(C)(C)C)C(=O)OC(C)(C)C)c2ccc(F)c(-c3ncncc3F)c2c[n+]1[O-]. The molecule has 13 nitrogen and oxygen atoms in total. The first-order valence-corrected chi connectivity index (χ1v) is 14.7. The van der Waals surface area contributed by atoms with Crippen molar-refractivity contribution in [3.05, 3.63) is 53.4 Å². The molecule has 0 N–H and O–H groups in total. The van der Waals surface area contributed by atoms with Gasteiger partial charge >= 0.3 is 29.9 Å². The Morgan fingerprint density at radius 3 is 1.85 bits per heavy atom. The second-order valence-corrected chi connectivity index (χ2v) is 13.5. The number of imide groups is 2. The fraction of sp³-hybridized carbons (Fsp3) is 0.469. The summed E-state index contributed by atoms with van der Waals surface area (Å²) >= 11 is 0. The maximum Gasteiger partial charge on any atom is 0.424 e. The average Bonchev–Trinajstić information content (AvgIpc) is 2.89. The molecule has 47 heavy (non-hydrogen) atoms. The molecule has 15 heteroatoms. The molecule has 2 aromatic heterocycles. The number of pyridine rings is 1. The van der Waals surface area contributed by atoms with E-state index in [4.69, 9.17) is 14.2 Å². The summed E-state index contributed by atoms with van der Waals surface area (Å²) in [5.41, 5.74) is -6.15. The Morgan fingerprint density at radius 2 is 1.36 bits per heavy atom. The highest BCUT2D eigenvalue weighted by Crippen LogP contribution is 2.38. The van der Waals surface area contributed by atoms with Gasteiger partial charge in [-0.05, 0) is 80.9 Å². The van der Waals surface area contributed by atoms with Gasteiger partial charge in [0.2, 0.25) is 0 Å². The van der Waals surface area contributed by atoms with Crippen molar-refractivity contribution < 1.29 is 46.9 Å². The number of benzene rings is 1. The van der Waals surface area contributed by atoms with Crippen molar-refractivity contribution in [1.29, 1.82) is 0 Å². The Hall–Kier alpha value is -4.95. The smallest absolute Gasteiger partial charge is 0.424 e. The highest BCUT2D eigenvalue weighted by Gasteiger charge is 2.43. The number of hydrogen-bond acceptors (Lipinski definition) is 10. The first kappa shape index (κ1) is 36.5. The van der Waals surface area contributed by atoms with Gasteiger partial charge in [-0.3, -0.25) is 4.79 Å². The predicted octanol–water partition coefficient (Wildman–Crippen LogP) is 6.67. The molecule has 0 saturated carbocycles. The number of anilines is 1. The summed E-state index contributed by atoms with van der Waals surface area (Å²) in [5, 5.41) is 13.3. The van der Waals surface area contributed by atoms with E-state index in [1.165, 1.54) is 41.5 Å². The Balaban J connectivity index is 2.55. The van der Waals surface area contributed by atoms with Crippen molar-refractivity contribution in [2.24, 2.45) is 0 Å². The fourth-order valence-electron chi connectivity index (χ4n) is 4.32. The van der Waals surface area contributed by atoms with Gasteiger partial charge in [0.05, 0.1) is 17.1 Å². The number of halogens is 2. The molecule has 0 unspecified atom stereocenters. The average molecular weight is 660 g/mol. The van der Waals surface area contributed by atoms with Gasteiger partial charge in [0.25, 0.3) is 0 Å². The van der Waals surface area contributed by atoms with Crippen LogP contribution in [0.5, 0.6) is 0 Å². The van der Waals surface area contributed by atoms with Crippen molar-refractivity contribution >= 4 is 40.6 Å². The largest absolute Gasteiger partial charge is 0.618 e. The second kappa shape index (κ2) is 13.4. The zero-order chi connectivity index (χ0) is 35.6. The number of ether oxygens (including phenoxy) is 3. The molecule has 1 aromatic carbocycles. The molecule has 0 saturated heterocycles. The molecular weight excluding hydrogens is 620 g/mol. The van der Waals surface area contributed by atoms with Crippen molar-refractivity contribution in [1.82, 2.24) is 14.9 Å². The lowest BCUT2D eigenvalue weighted by Gasteiger charge is -2.30. The van der Waals surface area contributed by atoms with Gasteiger partial charge in [-0.25, -0.2) is 38.0 Å². The maximum atomic E-state index is 15.5. The highest BCUT2D eigenvalue weighted by atomic mass is 19.1. The second-order valence-electron chi connectivity index (χ2n) is 13.5. The molecule has 0 fully saturated rings. The topological polar surface area (TPSA) is 155 Å². The maximum absolute atomic E-state index is 15.5. The molecule has 0 bridgehead atoms. The van der Waals surface area contributed by atoms with Crippen LogP contribution in [0.25, 0.3) is 22.0 Å². The number of carbonyl (C=O) groups is 4. The minimum absolute atomic E-state index is 0.0448. The third-order valence-corrected chi connectivity index (χ3v) is 5.93. The van der Waals surface area contributed by atoms with E-state index in [1.807, 2.05) is 0 Å². The standard InChI is InChI=1S/C32H39F2N5O8/c1-11-14-37(27(41)45-30(2,3)4)26(40)25-24(39(28(42)46-31(5,6)7)29(43)47-32(8,9)10)18-12-13-20(33)22(19(18)16-38(25)44)23-21(34)15-35-17-36-23/h12-13,15-17H,11,14H2,1-10H3. The van der Waals surface area contributed by atoms with Crippen LogP contribution in [0, 0.1) is 16.8 Å². The lowest BCUT2D eigenvalue weighted by atomic mass is 9.99. The summed E-state index contributed by atoms with van der Waals surface area (Å²) in [4.78, 5) is 63.5. The van der Waals surface area contributed by atoms with Gasteiger partial charge in [-0.1, -0.05) is 6.92 Å². The molecule has 0 aliphatic heterocycles. The quantitative estimate of drug-likeness (QED) is 0.165. The normalized spacial score (nSPS) is 12.0. The molecule has 0 atom stereocenters. The van der Waals surface area contributed by atoms with Crippen molar-refractivity contribution in [3.8, 4) is 11.3 Å². The zero-order valence-corrected chi connectivity index (χ0v) is 28.1. The first-order chi connectivity index (χ1) is 21.6. The van der Waals surface area contributed by atoms with Crippen LogP contribution >= 0.6 is 0 Å². The van der Waals surface area contributed by atoms with Crippen LogP contribution in [-0.2, 0) is 14.2 Å². The summed E-state index contributed by atoms with van der Waals surface area (Å²) < 4.78 is 46.8. The Kier molecular flexibility index (Phi) is 10.4. The number of amides is 4. The van der Waals surface area contributed by atoms with Crippen LogP contribution in [-0.4, -0.2) is 62.4 Å². The predicted molar refractivity (Wildman–Crippen MR) is 166 cm³/mol. The third kappa shape index (κ3) is 8.65. The van der Waals surface area contributed by atoms with Crippen LogP contribution < -0.4 is 9.63 Å². The molecule has 254 valence electrons. The number of fused-ring (bicyclic) bond motifs is 1. The van der Waals surface area contributed by atoms with Crippen LogP contribution in [0.2, 0.25) is 0 Å². The van der Waals surface area contributed by atoms with E-state index in [9.17, 15) is 28.8 Å². The van der Waals surface area contributed by atoms with Crippen molar-refractivity contribution in [2.45, 2.75) is 92.5 Å². The van der Waals surface area contributed by atoms with Gasteiger partial charge < -0.3 is 19.4 Å². The summed E-state index contributed by atoms with van der Waals surface area (Å²) in [6.07, 6.45) is -1.12. The number of rotatable bonds is 5. The van der Waals surface area contributed by atoms with Gasteiger partial charge in [0.15, 0.2) is 12.0 Å². The van der Waals surface area contributed by atoms with Gasteiger partial charge in [0.1, 0.15) is 40.3 Å². The molecule has 2 heterocycles. The third-order valence-electron chi connectivity index (χ3n) is 5.93. The van der Waals surface area contributed by atoms with E-state index < -0.39 is 75.3 Å². The summed E-state index contributed by atoms with van der Waals surface area (Å²) in [6.45, 7) is 15.2. The van der Waals surface area contributed by atoms with Crippen molar-refractivity contribution in [3.63, 3.8) is 0 Å². The minimum Gasteiger partial charge on any atom is -0.618 e. The minimum atomic E-state index is -1.37. The van der Waals surface area contributed by atoms with Crippen LogP contribution in [0.1, 0.15) is 86.1 Å². The van der Waals surface area contributed by atoms with Crippen LogP contribution in [0.3, 0.4) is 0 Å². The Bertz CT molecular complexity index is 1680. The summed E-state index contributed by atoms with van der Waals surface area (Å²) in [7, 11) is 0. The van der Waals surface area contributed by atoms with Crippen LogP contribution in [0.4, 0.5) is 28.9 Å². The summed E-state index contributed by atoms with van der Waals surface area (Å²) in [5.74, 6) is -3.33. The Morgan fingerprint density at radius 1 is 0.830 bits per heavy atom. The number of hydrogen-bond donors (Lipinski definition) is 0. The van der Waals surface area contributed by atoms with Gasteiger partial charge in [-0.2, -0.15) is 9.63 Å². The van der Waals surface area contributed by atoms with E-state index in [2.05, 4.69) is 9.97 Å². The fourth-order valence-corrected chi connectivity index (χ4v) is 4.32. The molecule has 0 radical (unpaired) electrons. The number of carbonyl (C=O) groups excluding carboxylic acids is 4. The zero-order valence-electron chi connectivity index (χ0n) is 28.1.